The van der Waals surface area contributed by atoms with E-state index in [4.69, 9.17) is 0 Å². The molecule has 2 heterocycles. The molecule has 2 heteroatoms. The number of nitrogens with zero attached hydrogens (tertiary/aromatic N) is 2. The van der Waals surface area contributed by atoms with Gasteiger partial charge in [-0.25, -0.2) is 0 Å². The number of hydrogen-bond acceptors (Lipinski definition) is 0. The molecule has 0 unspecified atom stereocenters. The van der Waals surface area contributed by atoms with E-state index in [0.717, 1.165) is 23.9 Å². The molecule has 2 nitrogen and oxygen atoms in total. The second kappa shape index (κ2) is 14.5. The minimum absolute atomic E-state index is 0.940. The third-order valence-electron chi connectivity index (χ3n) is 14.5. The molecule has 0 fully saturated rings. The van der Waals surface area contributed by atoms with Gasteiger partial charge < -0.3 is 9.13 Å². The highest BCUT2D eigenvalue weighted by Gasteiger charge is 2.23. The van der Waals surface area contributed by atoms with Crippen LogP contribution in [0.25, 0.3) is 120 Å². The smallest absolute Gasteiger partial charge is 0.0540 e. The molecule has 308 valence electrons. The Hall–Kier alpha value is -8.46. The van der Waals surface area contributed by atoms with Gasteiger partial charge in [0.2, 0.25) is 0 Å². The molecule has 14 rings (SSSR count). The summed E-state index contributed by atoms with van der Waals surface area (Å²) in [5.41, 5.74) is 9.88. The Morgan fingerprint density at radius 2 is 0.545 bits per heavy atom. The summed E-state index contributed by atoms with van der Waals surface area (Å²) in [6.07, 6.45) is 1.89. The molecular weight excluding hydrogens is 797 g/mol. The van der Waals surface area contributed by atoms with Gasteiger partial charge in [-0.3, -0.25) is 0 Å². The molecule has 0 amide bonds. The van der Waals surface area contributed by atoms with Crippen LogP contribution >= 0.6 is 0 Å². The summed E-state index contributed by atoms with van der Waals surface area (Å²) in [6, 6.07) is 86.1. The molecule has 2 aromatic heterocycles. The van der Waals surface area contributed by atoms with Gasteiger partial charge in [-0.15, -0.1) is 0 Å². The predicted molar refractivity (Wildman–Crippen MR) is 283 cm³/mol. The van der Waals surface area contributed by atoms with Crippen molar-refractivity contribution in [3.63, 3.8) is 0 Å². The fourth-order valence-corrected chi connectivity index (χ4v) is 11.7. The maximum absolute atomic E-state index is 2.58. The fourth-order valence-electron chi connectivity index (χ4n) is 11.7. The van der Waals surface area contributed by atoms with Crippen molar-refractivity contribution >= 4 is 108 Å². The number of rotatable bonds is 2. The Morgan fingerprint density at radius 1 is 0.227 bits per heavy atom. The summed E-state index contributed by atoms with van der Waals surface area (Å²) in [5.74, 6) is 0. The summed E-state index contributed by atoms with van der Waals surface area (Å²) in [4.78, 5) is 0. The summed E-state index contributed by atoms with van der Waals surface area (Å²) in [7, 11) is 0. The molecule has 0 aliphatic heterocycles. The lowest BCUT2D eigenvalue weighted by Gasteiger charge is -2.25. The second-order valence-electron chi connectivity index (χ2n) is 17.8. The van der Waals surface area contributed by atoms with Crippen LogP contribution in [0, 0.1) is 0 Å². The molecule has 66 heavy (non-hydrogen) atoms. The molecule has 1 aliphatic rings. The van der Waals surface area contributed by atoms with Crippen molar-refractivity contribution < 1.29 is 0 Å². The van der Waals surface area contributed by atoms with Crippen LogP contribution in [0.1, 0.15) is 11.1 Å². The van der Waals surface area contributed by atoms with E-state index in [2.05, 4.69) is 240 Å². The van der Waals surface area contributed by atoms with Crippen molar-refractivity contribution in [3.8, 4) is 11.4 Å². The zero-order chi connectivity index (χ0) is 43.3. The van der Waals surface area contributed by atoms with Gasteiger partial charge in [-0.05, 0) is 120 Å². The van der Waals surface area contributed by atoms with Gasteiger partial charge in [0.25, 0.3) is 0 Å². The first kappa shape index (κ1) is 37.0. The van der Waals surface area contributed by atoms with Gasteiger partial charge in [0.1, 0.15) is 0 Å². The number of fused-ring (bicyclic) bond motifs is 14. The summed E-state index contributed by atoms with van der Waals surface area (Å²) in [5, 5.41) is 20.0. The Bertz CT molecular complexity index is 4150. The average molecular weight is 839 g/mol. The van der Waals surface area contributed by atoms with E-state index in [1.807, 2.05) is 0 Å². The summed E-state index contributed by atoms with van der Waals surface area (Å²) >= 11 is 0. The minimum atomic E-state index is 0.940. The lowest BCUT2D eigenvalue weighted by atomic mass is 9.84. The predicted octanol–water partition coefficient (Wildman–Crippen LogP) is 17.1. The molecule has 0 saturated carbocycles. The highest BCUT2D eigenvalue weighted by molar-refractivity contribution is 6.22. The third-order valence-corrected chi connectivity index (χ3v) is 14.5. The molecule has 0 bridgehead atoms. The van der Waals surface area contributed by atoms with E-state index in [0.29, 0.717) is 0 Å². The van der Waals surface area contributed by atoms with Gasteiger partial charge in [-0.1, -0.05) is 194 Å². The third kappa shape index (κ3) is 5.36. The van der Waals surface area contributed by atoms with Gasteiger partial charge in [0, 0.05) is 26.9 Å². The lowest BCUT2D eigenvalue weighted by Crippen LogP contribution is -2.09. The number of aromatic nitrogens is 2. The van der Waals surface area contributed by atoms with Crippen LogP contribution in [0.3, 0.4) is 0 Å². The Kier molecular flexibility index (Phi) is 8.14. The molecule has 0 radical (unpaired) electrons. The number of para-hydroxylation sites is 4. The lowest BCUT2D eigenvalue weighted by molar-refractivity contribution is 0.948. The number of aryl methyl sites for hydroxylation is 2. The Labute approximate surface area is 381 Å². The van der Waals surface area contributed by atoms with Crippen LogP contribution in [0.15, 0.2) is 231 Å². The molecule has 0 N–H and O–H groups in total. The van der Waals surface area contributed by atoms with Crippen LogP contribution in [0.4, 0.5) is 0 Å². The van der Waals surface area contributed by atoms with E-state index < -0.39 is 0 Å². The van der Waals surface area contributed by atoms with Crippen molar-refractivity contribution in [2.75, 3.05) is 0 Å². The average Bonchev–Trinajstić information content (AvgIpc) is 3.46. The zero-order valence-electron chi connectivity index (χ0n) is 36.2. The van der Waals surface area contributed by atoms with Crippen molar-refractivity contribution in [2.45, 2.75) is 12.8 Å². The monoisotopic (exact) mass is 838 g/mol. The first-order chi connectivity index (χ1) is 32.8. The second-order valence-corrected chi connectivity index (χ2v) is 17.8. The summed E-state index contributed by atoms with van der Waals surface area (Å²) in [6.45, 7) is 0. The van der Waals surface area contributed by atoms with E-state index in [1.54, 1.807) is 0 Å². The van der Waals surface area contributed by atoms with Crippen molar-refractivity contribution in [2.24, 2.45) is 0 Å². The van der Waals surface area contributed by atoms with Gasteiger partial charge in [0.15, 0.2) is 0 Å². The van der Waals surface area contributed by atoms with E-state index in [9.17, 15) is 0 Å². The molecule has 0 atom stereocenters. The van der Waals surface area contributed by atoms with Gasteiger partial charge in [0.05, 0.1) is 33.4 Å². The maximum Gasteiger partial charge on any atom is 0.0540 e. The van der Waals surface area contributed by atoms with Crippen LogP contribution in [0.2, 0.25) is 0 Å². The van der Waals surface area contributed by atoms with Crippen molar-refractivity contribution in [1.82, 2.24) is 9.13 Å². The molecule has 11 aromatic carbocycles. The molecule has 0 saturated heterocycles. The highest BCUT2D eigenvalue weighted by Crippen LogP contribution is 2.44. The fraction of sp³-hybridized carbons (Fsp3) is 0.0312. The van der Waals surface area contributed by atoms with Gasteiger partial charge >= 0.3 is 0 Å². The van der Waals surface area contributed by atoms with Gasteiger partial charge in [-0.2, -0.15) is 0 Å². The quantitative estimate of drug-likeness (QED) is 0.154. The van der Waals surface area contributed by atoms with E-state index in [1.165, 1.54) is 120 Å². The molecule has 13 aromatic rings. The molecular formula is C64H42N2. The molecule has 1 aliphatic carbocycles. The Morgan fingerprint density at radius 3 is 0.955 bits per heavy atom. The summed E-state index contributed by atoms with van der Waals surface area (Å²) < 4.78 is 5.13. The van der Waals surface area contributed by atoms with Crippen LogP contribution in [0.5, 0.6) is 0 Å². The highest BCUT2D eigenvalue weighted by atomic mass is 15.0. The van der Waals surface area contributed by atoms with E-state index >= 15 is 0 Å². The normalized spacial score (nSPS) is 12.4. The largest absolute Gasteiger partial charge is 0.309 e. The standard InChI is InChI=1S/C64H42N2/c1-5-21-47-43(17-1)44-18-2-6-22-48(44)52-26-10-14-30-58(52)65(57-29-13-9-25-51(47)57)61-39-35-41-34-38-56-62(40-36-42-33-37-55(61)63(41)64(42)56)66-59-31-15-11-27-53(59)49-23-7-3-19-45(49)46-20-4-8-24-50(46)54-28-12-16-32-60(54)66/h1-33,35-37,39-40H,34,38H2. The van der Waals surface area contributed by atoms with Crippen molar-refractivity contribution in [3.05, 3.63) is 242 Å². The zero-order valence-corrected chi connectivity index (χ0v) is 36.2. The van der Waals surface area contributed by atoms with Crippen LogP contribution in [-0.4, -0.2) is 9.13 Å². The molecule has 0 spiro atoms. The SMILES string of the molecule is c1ccc2c(c1)c1ccccc1c1ccccc1n(-c1ccc3ccc4c(-n5c6ccccc6c6ccccc6c6ccccc6c6ccccc65)ccc5c4c3c1CC5)c1ccccc21. The first-order valence-corrected chi connectivity index (χ1v) is 23.1. The van der Waals surface area contributed by atoms with Crippen LogP contribution < -0.4 is 0 Å². The Balaban J connectivity index is 1.17. The minimum Gasteiger partial charge on any atom is -0.309 e. The first-order valence-electron chi connectivity index (χ1n) is 23.1. The maximum atomic E-state index is 2.58. The topological polar surface area (TPSA) is 9.86 Å². The van der Waals surface area contributed by atoms with E-state index in [-0.39, 0.29) is 0 Å². The number of benzene rings is 11. The van der Waals surface area contributed by atoms with Crippen LogP contribution in [-0.2, 0) is 12.8 Å². The van der Waals surface area contributed by atoms with Crippen molar-refractivity contribution in [1.29, 1.82) is 0 Å². The number of hydrogen-bond donors (Lipinski definition) is 0.